The van der Waals surface area contributed by atoms with Gasteiger partial charge >= 0.3 is 0 Å². The lowest BCUT2D eigenvalue weighted by Crippen LogP contribution is -2.28. The van der Waals surface area contributed by atoms with Crippen molar-refractivity contribution in [2.45, 2.75) is 19.9 Å². The largest absolute Gasteiger partial charge is 0.369 e. The SMILES string of the molecule is CCn1ncc(N2CCC(CN)C2)c(Cl)c1=O. The lowest BCUT2D eigenvalue weighted by molar-refractivity contribution is 0.600. The van der Waals surface area contributed by atoms with Crippen LogP contribution in [0.2, 0.25) is 5.02 Å². The van der Waals surface area contributed by atoms with E-state index in [1.165, 1.54) is 4.68 Å². The Morgan fingerprint density at radius 1 is 1.65 bits per heavy atom. The predicted octanol–water partition coefficient (Wildman–Crippen LogP) is 0.702. The predicted molar refractivity (Wildman–Crippen MR) is 68.6 cm³/mol. The van der Waals surface area contributed by atoms with Crippen molar-refractivity contribution in [1.82, 2.24) is 9.78 Å². The summed E-state index contributed by atoms with van der Waals surface area (Å²) in [5, 5.41) is 4.36. The minimum Gasteiger partial charge on any atom is -0.369 e. The van der Waals surface area contributed by atoms with Crippen molar-refractivity contribution >= 4 is 17.3 Å². The average molecular weight is 257 g/mol. The van der Waals surface area contributed by atoms with Crippen LogP contribution in [-0.4, -0.2) is 29.4 Å². The van der Waals surface area contributed by atoms with Crippen LogP contribution >= 0.6 is 11.6 Å². The Balaban J connectivity index is 2.29. The highest BCUT2D eigenvalue weighted by molar-refractivity contribution is 6.33. The van der Waals surface area contributed by atoms with Crippen LogP contribution in [0, 0.1) is 5.92 Å². The number of halogens is 1. The summed E-state index contributed by atoms with van der Waals surface area (Å²) >= 11 is 6.10. The van der Waals surface area contributed by atoms with Gasteiger partial charge in [-0.25, -0.2) is 4.68 Å². The second-order valence-corrected chi connectivity index (χ2v) is 4.68. The Morgan fingerprint density at radius 2 is 2.41 bits per heavy atom. The summed E-state index contributed by atoms with van der Waals surface area (Å²) in [7, 11) is 0. The Morgan fingerprint density at radius 3 is 3.00 bits per heavy atom. The van der Waals surface area contributed by atoms with Crippen molar-refractivity contribution in [3.05, 3.63) is 21.6 Å². The van der Waals surface area contributed by atoms with E-state index in [2.05, 4.69) is 10.00 Å². The molecule has 1 unspecified atom stereocenters. The van der Waals surface area contributed by atoms with Gasteiger partial charge in [-0.3, -0.25) is 4.79 Å². The molecule has 6 heteroatoms. The van der Waals surface area contributed by atoms with Crippen LogP contribution in [0.15, 0.2) is 11.0 Å². The fourth-order valence-corrected chi connectivity index (χ4v) is 2.41. The first-order valence-corrected chi connectivity index (χ1v) is 6.25. The zero-order chi connectivity index (χ0) is 12.4. The maximum atomic E-state index is 11.8. The number of hydrogen-bond acceptors (Lipinski definition) is 4. The maximum absolute atomic E-state index is 11.8. The number of aromatic nitrogens is 2. The number of aryl methyl sites for hydroxylation is 1. The van der Waals surface area contributed by atoms with Crippen molar-refractivity contribution in [2.24, 2.45) is 11.7 Å². The van der Waals surface area contributed by atoms with Crippen LogP contribution in [-0.2, 0) is 6.54 Å². The highest BCUT2D eigenvalue weighted by atomic mass is 35.5. The summed E-state index contributed by atoms with van der Waals surface area (Å²) in [6.07, 6.45) is 2.72. The fourth-order valence-electron chi connectivity index (χ4n) is 2.15. The molecule has 2 rings (SSSR count). The van der Waals surface area contributed by atoms with Crippen LogP contribution in [0.3, 0.4) is 0 Å². The summed E-state index contributed by atoms with van der Waals surface area (Å²) in [6, 6.07) is 0. The van der Waals surface area contributed by atoms with Crippen LogP contribution < -0.4 is 16.2 Å². The molecule has 0 amide bonds. The Kier molecular flexibility index (Phi) is 3.69. The van der Waals surface area contributed by atoms with E-state index in [-0.39, 0.29) is 10.6 Å². The molecule has 17 heavy (non-hydrogen) atoms. The monoisotopic (exact) mass is 256 g/mol. The lowest BCUT2D eigenvalue weighted by Gasteiger charge is -2.19. The third kappa shape index (κ3) is 2.30. The molecule has 94 valence electrons. The first-order chi connectivity index (χ1) is 8.17. The molecule has 2 N–H and O–H groups in total. The summed E-state index contributed by atoms with van der Waals surface area (Å²) in [6.45, 7) is 4.81. The molecule has 1 aromatic rings. The van der Waals surface area contributed by atoms with Gasteiger partial charge in [0.2, 0.25) is 0 Å². The topological polar surface area (TPSA) is 64.2 Å². The van der Waals surface area contributed by atoms with E-state index in [0.29, 0.717) is 19.0 Å². The molecule has 1 saturated heterocycles. The number of nitrogens with zero attached hydrogens (tertiary/aromatic N) is 3. The Bertz CT molecular complexity index is 459. The molecular weight excluding hydrogens is 240 g/mol. The summed E-state index contributed by atoms with van der Waals surface area (Å²) in [5.74, 6) is 0.486. The molecule has 0 aliphatic carbocycles. The Hall–Kier alpha value is -1.07. The van der Waals surface area contributed by atoms with Crippen LogP contribution in [0.1, 0.15) is 13.3 Å². The van der Waals surface area contributed by atoms with Gasteiger partial charge in [-0.15, -0.1) is 0 Å². The summed E-state index contributed by atoms with van der Waals surface area (Å²) in [5.41, 5.74) is 6.16. The highest BCUT2D eigenvalue weighted by Gasteiger charge is 2.24. The van der Waals surface area contributed by atoms with E-state index in [9.17, 15) is 4.79 Å². The second kappa shape index (κ2) is 5.06. The molecular formula is C11H17ClN4O. The molecule has 1 fully saturated rings. The molecule has 2 heterocycles. The van der Waals surface area contributed by atoms with Crippen molar-refractivity contribution < 1.29 is 0 Å². The number of nitrogens with two attached hydrogens (primary N) is 1. The molecule has 0 aromatic carbocycles. The average Bonchev–Trinajstić information content (AvgIpc) is 2.81. The lowest BCUT2D eigenvalue weighted by atomic mass is 10.1. The van der Waals surface area contributed by atoms with Crippen LogP contribution in [0.5, 0.6) is 0 Å². The van der Waals surface area contributed by atoms with Crippen molar-refractivity contribution in [2.75, 3.05) is 24.5 Å². The molecule has 0 saturated carbocycles. The molecule has 0 radical (unpaired) electrons. The van der Waals surface area contributed by atoms with Crippen molar-refractivity contribution in [3.8, 4) is 0 Å². The van der Waals surface area contributed by atoms with Crippen molar-refractivity contribution in [3.63, 3.8) is 0 Å². The van der Waals surface area contributed by atoms with E-state index < -0.39 is 0 Å². The smallest absolute Gasteiger partial charge is 0.287 e. The van der Waals surface area contributed by atoms with E-state index in [1.807, 2.05) is 6.92 Å². The quantitative estimate of drug-likeness (QED) is 0.865. The number of hydrogen-bond donors (Lipinski definition) is 1. The van der Waals surface area contributed by atoms with Gasteiger partial charge in [0.1, 0.15) is 5.02 Å². The molecule has 5 nitrogen and oxygen atoms in total. The van der Waals surface area contributed by atoms with Gasteiger partial charge in [0.25, 0.3) is 5.56 Å². The zero-order valence-corrected chi connectivity index (χ0v) is 10.7. The maximum Gasteiger partial charge on any atom is 0.287 e. The van der Waals surface area contributed by atoms with Gasteiger partial charge in [0, 0.05) is 19.6 Å². The van der Waals surface area contributed by atoms with Gasteiger partial charge < -0.3 is 10.6 Å². The van der Waals surface area contributed by atoms with Gasteiger partial charge in [-0.2, -0.15) is 5.10 Å². The standard InChI is InChI=1S/C11H17ClN4O/c1-2-16-11(17)10(12)9(6-14-16)15-4-3-8(5-13)7-15/h6,8H,2-5,7,13H2,1H3. The number of rotatable bonds is 3. The van der Waals surface area contributed by atoms with E-state index >= 15 is 0 Å². The minimum atomic E-state index is -0.220. The minimum absolute atomic E-state index is 0.220. The van der Waals surface area contributed by atoms with Crippen LogP contribution in [0.25, 0.3) is 0 Å². The summed E-state index contributed by atoms with van der Waals surface area (Å²) in [4.78, 5) is 13.9. The second-order valence-electron chi connectivity index (χ2n) is 4.30. The van der Waals surface area contributed by atoms with Gasteiger partial charge in [-0.1, -0.05) is 11.6 Å². The number of anilines is 1. The van der Waals surface area contributed by atoms with E-state index in [0.717, 1.165) is 25.2 Å². The molecule has 0 bridgehead atoms. The summed E-state index contributed by atoms with van der Waals surface area (Å²) < 4.78 is 1.36. The van der Waals surface area contributed by atoms with E-state index in [1.54, 1.807) is 6.20 Å². The molecule has 1 atom stereocenters. The zero-order valence-electron chi connectivity index (χ0n) is 9.90. The Labute approximate surface area is 105 Å². The normalized spacial score (nSPS) is 19.9. The van der Waals surface area contributed by atoms with Crippen molar-refractivity contribution in [1.29, 1.82) is 0 Å². The fraction of sp³-hybridized carbons (Fsp3) is 0.636. The first kappa shape index (κ1) is 12.4. The third-order valence-corrected chi connectivity index (χ3v) is 3.58. The molecule has 1 aromatic heterocycles. The molecule has 1 aliphatic rings. The van der Waals surface area contributed by atoms with Crippen LogP contribution in [0.4, 0.5) is 5.69 Å². The first-order valence-electron chi connectivity index (χ1n) is 5.88. The third-order valence-electron chi connectivity index (χ3n) is 3.23. The van der Waals surface area contributed by atoms with Gasteiger partial charge in [0.15, 0.2) is 0 Å². The van der Waals surface area contributed by atoms with E-state index in [4.69, 9.17) is 17.3 Å². The highest BCUT2D eigenvalue weighted by Crippen LogP contribution is 2.26. The molecule has 0 spiro atoms. The molecule has 1 aliphatic heterocycles. The van der Waals surface area contributed by atoms with Gasteiger partial charge in [-0.05, 0) is 25.8 Å². The van der Waals surface area contributed by atoms with Gasteiger partial charge in [0.05, 0.1) is 11.9 Å².